The van der Waals surface area contributed by atoms with E-state index in [1.54, 1.807) is 13.2 Å². The van der Waals surface area contributed by atoms with E-state index < -0.39 is 0 Å². The van der Waals surface area contributed by atoms with Gasteiger partial charge in [-0.1, -0.05) is 6.92 Å². The first-order valence-electron chi connectivity index (χ1n) is 5.24. The van der Waals surface area contributed by atoms with Crippen LogP contribution in [0.25, 0.3) is 0 Å². The molecule has 0 N–H and O–H groups in total. The Labute approximate surface area is 90.7 Å². The van der Waals surface area contributed by atoms with Crippen LogP contribution < -0.4 is 9.47 Å². The van der Waals surface area contributed by atoms with Gasteiger partial charge in [0.25, 0.3) is 0 Å². The Balaban J connectivity index is 2.89. The molecule has 0 saturated heterocycles. The maximum absolute atomic E-state index is 5.51. The van der Waals surface area contributed by atoms with Gasteiger partial charge in [0, 0.05) is 6.42 Å². The molecule has 0 spiro atoms. The van der Waals surface area contributed by atoms with Crippen LogP contribution in [0.1, 0.15) is 33.0 Å². The minimum Gasteiger partial charge on any atom is -0.481 e. The molecule has 0 saturated carbocycles. The molecular weight excluding hydrogens is 192 g/mol. The Morgan fingerprint density at radius 3 is 2.47 bits per heavy atom. The third kappa shape index (κ3) is 3.73. The summed E-state index contributed by atoms with van der Waals surface area (Å²) in [5.74, 6) is 1.91. The highest BCUT2D eigenvalue weighted by molar-refractivity contribution is 5.21. The third-order valence-electron chi connectivity index (χ3n) is 1.76. The molecule has 0 aliphatic rings. The molecule has 0 amide bonds. The number of hydrogen-bond donors (Lipinski definition) is 0. The fraction of sp³-hybridized carbons (Fsp3) is 0.636. The molecule has 1 aromatic rings. The van der Waals surface area contributed by atoms with Gasteiger partial charge in [0.15, 0.2) is 0 Å². The van der Waals surface area contributed by atoms with Crippen LogP contribution in [0.3, 0.4) is 0 Å². The molecule has 0 atom stereocenters. The zero-order valence-corrected chi connectivity index (χ0v) is 9.78. The summed E-state index contributed by atoms with van der Waals surface area (Å²) in [6.07, 6.45) is 1.96. The topological polar surface area (TPSA) is 44.2 Å². The lowest BCUT2D eigenvalue weighted by Gasteiger charge is -2.10. The Hall–Kier alpha value is -1.32. The van der Waals surface area contributed by atoms with E-state index in [4.69, 9.17) is 9.47 Å². The van der Waals surface area contributed by atoms with Crippen LogP contribution in [0.5, 0.6) is 11.8 Å². The molecule has 4 heteroatoms. The molecule has 0 aliphatic heterocycles. The van der Waals surface area contributed by atoms with Crippen molar-refractivity contribution < 1.29 is 9.47 Å². The fourth-order valence-electron chi connectivity index (χ4n) is 1.19. The molecule has 1 rings (SSSR count). The normalized spacial score (nSPS) is 10.5. The molecule has 0 unspecified atom stereocenters. The zero-order valence-electron chi connectivity index (χ0n) is 9.78. The number of methoxy groups -OCH3 is 1. The van der Waals surface area contributed by atoms with E-state index in [9.17, 15) is 0 Å². The summed E-state index contributed by atoms with van der Waals surface area (Å²) in [5, 5.41) is 0. The molecule has 0 aromatic carbocycles. The summed E-state index contributed by atoms with van der Waals surface area (Å²) >= 11 is 0. The third-order valence-corrected chi connectivity index (χ3v) is 1.76. The molecule has 1 aromatic heterocycles. The molecule has 0 aliphatic carbocycles. The standard InChI is InChI=1S/C11H18N2O2/c1-5-6-9-12-10(14-4)7-11(13-9)15-8(2)3/h7-8H,5-6H2,1-4H3. The Morgan fingerprint density at radius 2 is 1.93 bits per heavy atom. The molecule has 15 heavy (non-hydrogen) atoms. The SMILES string of the molecule is CCCc1nc(OC)cc(OC(C)C)n1. The number of aromatic nitrogens is 2. The van der Waals surface area contributed by atoms with Crippen LogP contribution in [-0.2, 0) is 6.42 Å². The minimum atomic E-state index is 0.110. The van der Waals surface area contributed by atoms with Crippen molar-refractivity contribution in [3.63, 3.8) is 0 Å². The number of ether oxygens (including phenoxy) is 2. The van der Waals surface area contributed by atoms with Crippen LogP contribution in [0.2, 0.25) is 0 Å². The molecule has 0 bridgehead atoms. The maximum atomic E-state index is 5.51. The van der Waals surface area contributed by atoms with Crippen LogP contribution in [-0.4, -0.2) is 23.2 Å². The monoisotopic (exact) mass is 210 g/mol. The Bertz CT molecular complexity index is 313. The number of hydrogen-bond acceptors (Lipinski definition) is 4. The maximum Gasteiger partial charge on any atom is 0.220 e. The first-order valence-corrected chi connectivity index (χ1v) is 5.24. The highest BCUT2D eigenvalue weighted by Gasteiger charge is 2.06. The predicted octanol–water partition coefficient (Wildman–Crippen LogP) is 2.22. The van der Waals surface area contributed by atoms with Crippen molar-refractivity contribution in [2.45, 2.75) is 39.7 Å². The van der Waals surface area contributed by atoms with E-state index in [1.165, 1.54) is 0 Å². The molecule has 4 nitrogen and oxygen atoms in total. The second-order valence-electron chi connectivity index (χ2n) is 3.58. The van der Waals surface area contributed by atoms with Crippen LogP contribution in [0, 0.1) is 0 Å². The van der Waals surface area contributed by atoms with E-state index in [1.807, 2.05) is 13.8 Å². The van der Waals surface area contributed by atoms with Gasteiger partial charge < -0.3 is 9.47 Å². The van der Waals surface area contributed by atoms with Gasteiger partial charge in [-0.3, -0.25) is 0 Å². The minimum absolute atomic E-state index is 0.110. The van der Waals surface area contributed by atoms with Crippen molar-refractivity contribution in [2.24, 2.45) is 0 Å². The van der Waals surface area contributed by atoms with Gasteiger partial charge in [0.1, 0.15) is 5.82 Å². The summed E-state index contributed by atoms with van der Waals surface area (Å²) in [6, 6.07) is 1.71. The highest BCUT2D eigenvalue weighted by Crippen LogP contribution is 2.17. The first-order chi connectivity index (χ1) is 7.15. The lowest BCUT2D eigenvalue weighted by Crippen LogP contribution is -2.09. The number of nitrogens with zero attached hydrogens (tertiary/aromatic N) is 2. The largest absolute Gasteiger partial charge is 0.481 e. The molecule has 0 fully saturated rings. The lowest BCUT2D eigenvalue weighted by molar-refractivity contribution is 0.229. The second kappa shape index (κ2) is 5.53. The van der Waals surface area contributed by atoms with Gasteiger partial charge in [-0.05, 0) is 20.3 Å². The van der Waals surface area contributed by atoms with Crippen molar-refractivity contribution in [3.05, 3.63) is 11.9 Å². The average Bonchev–Trinajstić information content (AvgIpc) is 2.16. The van der Waals surface area contributed by atoms with Gasteiger partial charge in [0.2, 0.25) is 11.8 Å². The van der Waals surface area contributed by atoms with E-state index in [2.05, 4.69) is 16.9 Å². The summed E-state index contributed by atoms with van der Waals surface area (Å²) < 4.78 is 10.6. The molecule has 84 valence electrons. The summed E-state index contributed by atoms with van der Waals surface area (Å²) in [5.41, 5.74) is 0. The van der Waals surface area contributed by atoms with E-state index in [0.717, 1.165) is 18.7 Å². The summed E-state index contributed by atoms with van der Waals surface area (Å²) in [6.45, 7) is 6.02. The lowest BCUT2D eigenvalue weighted by atomic mass is 10.3. The van der Waals surface area contributed by atoms with Gasteiger partial charge in [0.05, 0.1) is 19.3 Å². The quantitative estimate of drug-likeness (QED) is 0.747. The van der Waals surface area contributed by atoms with Gasteiger partial charge in [-0.25, -0.2) is 0 Å². The van der Waals surface area contributed by atoms with E-state index in [-0.39, 0.29) is 6.10 Å². The van der Waals surface area contributed by atoms with Gasteiger partial charge in [-0.15, -0.1) is 0 Å². The molecule has 1 heterocycles. The Morgan fingerprint density at radius 1 is 1.27 bits per heavy atom. The van der Waals surface area contributed by atoms with Crippen LogP contribution in [0.15, 0.2) is 6.07 Å². The van der Waals surface area contributed by atoms with Crippen molar-refractivity contribution in [1.29, 1.82) is 0 Å². The smallest absolute Gasteiger partial charge is 0.220 e. The number of aryl methyl sites for hydroxylation is 1. The van der Waals surface area contributed by atoms with Crippen molar-refractivity contribution in [3.8, 4) is 11.8 Å². The predicted molar refractivity (Wildman–Crippen MR) is 58.3 cm³/mol. The number of rotatable bonds is 5. The fourth-order valence-corrected chi connectivity index (χ4v) is 1.19. The van der Waals surface area contributed by atoms with Crippen molar-refractivity contribution >= 4 is 0 Å². The highest BCUT2D eigenvalue weighted by atomic mass is 16.5. The first kappa shape index (κ1) is 11.8. The summed E-state index contributed by atoms with van der Waals surface area (Å²) in [4.78, 5) is 8.53. The van der Waals surface area contributed by atoms with E-state index in [0.29, 0.717) is 11.8 Å². The van der Waals surface area contributed by atoms with Crippen LogP contribution in [0.4, 0.5) is 0 Å². The van der Waals surface area contributed by atoms with Crippen molar-refractivity contribution in [2.75, 3.05) is 7.11 Å². The Kier molecular flexibility index (Phi) is 4.34. The van der Waals surface area contributed by atoms with Crippen molar-refractivity contribution in [1.82, 2.24) is 9.97 Å². The van der Waals surface area contributed by atoms with Gasteiger partial charge in [-0.2, -0.15) is 9.97 Å². The van der Waals surface area contributed by atoms with E-state index >= 15 is 0 Å². The zero-order chi connectivity index (χ0) is 11.3. The average molecular weight is 210 g/mol. The molecule has 0 radical (unpaired) electrons. The second-order valence-corrected chi connectivity index (χ2v) is 3.58. The summed E-state index contributed by atoms with van der Waals surface area (Å²) in [7, 11) is 1.59. The molecular formula is C11H18N2O2. The van der Waals surface area contributed by atoms with Crippen LogP contribution >= 0.6 is 0 Å². The van der Waals surface area contributed by atoms with Gasteiger partial charge >= 0.3 is 0 Å².